The standard InChI is InChI=1S/C36H45N3O5/c1-6-43-28-13-8-7-11-25(28)20-39-32(34(41)38-27-12-9-10-22(4)23(27)5)36-19-18-29(44-36)30(31(36)35(39)42)33(40)37-26-16-14-24(15-17-26)21(2)3/h7-8,11,13-19,21-23,27,29-32H,6,9-10,12,20H2,1-5H3,(H,37,40)(H,38,41). The predicted molar refractivity (Wildman–Crippen MR) is 169 cm³/mol. The number of hydrogen-bond acceptors (Lipinski definition) is 5. The first kappa shape index (κ1) is 30.4. The molecule has 0 radical (unpaired) electrons. The van der Waals surface area contributed by atoms with Gasteiger partial charge in [0.2, 0.25) is 17.7 Å². The zero-order valence-corrected chi connectivity index (χ0v) is 26.4. The Hall–Kier alpha value is -3.65. The molecule has 234 valence electrons. The Bertz CT molecular complexity index is 1440. The van der Waals surface area contributed by atoms with Crippen LogP contribution in [0.5, 0.6) is 5.75 Å². The average molecular weight is 600 g/mol. The molecule has 3 heterocycles. The van der Waals surface area contributed by atoms with Crippen molar-refractivity contribution in [1.29, 1.82) is 0 Å². The van der Waals surface area contributed by atoms with E-state index in [2.05, 4.69) is 38.3 Å². The van der Waals surface area contributed by atoms with Crippen molar-refractivity contribution in [3.63, 3.8) is 0 Å². The minimum absolute atomic E-state index is 0.0184. The fraction of sp³-hybridized carbons (Fsp3) is 0.528. The van der Waals surface area contributed by atoms with Gasteiger partial charge in [0.25, 0.3) is 0 Å². The average Bonchev–Trinajstić information content (AvgIpc) is 3.64. The van der Waals surface area contributed by atoms with Gasteiger partial charge >= 0.3 is 0 Å². The summed E-state index contributed by atoms with van der Waals surface area (Å²) in [5.74, 6) is -0.448. The number of ether oxygens (including phenoxy) is 2. The molecule has 0 aromatic heterocycles. The van der Waals surface area contributed by atoms with E-state index in [0.29, 0.717) is 35.8 Å². The molecule has 2 saturated heterocycles. The number of nitrogens with zero attached hydrogens (tertiary/aromatic N) is 1. The summed E-state index contributed by atoms with van der Waals surface area (Å²) in [7, 11) is 0. The first-order valence-electron chi connectivity index (χ1n) is 16.2. The zero-order chi connectivity index (χ0) is 31.2. The Morgan fingerprint density at radius 1 is 1.07 bits per heavy atom. The fourth-order valence-electron chi connectivity index (χ4n) is 7.78. The third kappa shape index (κ3) is 5.21. The number of nitrogens with one attached hydrogen (secondary N) is 2. The van der Waals surface area contributed by atoms with E-state index in [1.807, 2.05) is 67.6 Å². The topological polar surface area (TPSA) is 97.0 Å². The minimum atomic E-state index is -1.22. The van der Waals surface area contributed by atoms with Crippen molar-refractivity contribution in [2.75, 3.05) is 11.9 Å². The Labute approximate surface area is 260 Å². The molecule has 2 aromatic carbocycles. The second-order valence-corrected chi connectivity index (χ2v) is 13.4. The summed E-state index contributed by atoms with van der Waals surface area (Å²) in [5.41, 5.74) is 1.43. The highest BCUT2D eigenvalue weighted by molar-refractivity contribution is 6.02. The molecule has 2 aromatic rings. The van der Waals surface area contributed by atoms with Gasteiger partial charge in [-0.15, -0.1) is 0 Å². The summed E-state index contributed by atoms with van der Waals surface area (Å²) in [6, 6.07) is 14.5. The molecule has 3 aliphatic heterocycles. The molecule has 3 fully saturated rings. The third-order valence-electron chi connectivity index (χ3n) is 10.4. The van der Waals surface area contributed by atoms with Crippen LogP contribution >= 0.6 is 0 Å². The van der Waals surface area contributed by atoms with Gasteiger partial charge in [-0.1, -0.05) is 83.0 Å². The molecule has 3 amide bonds. The molecule has 1 saturated carbocycles. The second kappa shape index (κ2) is 12.0. The SMILES string of the molecule is CCOc1ccccc1CN1C(=O)C2C(C(=O)Nc3ccc(C(C)C)cc3)C3C=CC2(O3)C1C(=O)NC1CCCC(C)C1C. The lowest BCUT2D eigenvalue weighted by Gasteiger charge is -2.38. The monoisotopic (exact) mass is 599 g/mol. The number of rotatable bonds is 9. The fourth-order valence-corrected chi connectivity index (χ4v) is 7.78. The normalized spacial score (nSPS) is 32.2. The molecule has 6 rings (SSSR count). The molecule has 8 unspecified atom stereocenters. The van der Waals surface area contributed by atoms with Gasteiger partial charge in [0.15, 0.2) is 0 Å². The highest BCUT2D eigenvalue weighted by atomic mass is 16.5. The van der Waals surface area contributed by atoms with Crippen LogP contribution in [0, 0.1) is 23.7 Å². The van der Waals surface area contributed by atoms with E-state index in [-0.39, 0.29) is 30.3 Å². The van der Waals surface area contributed by atoms with E-state index >= 15 is 0 Å². The maximum absolute atomic E-state index is 14.5. The molecule has 2 bridgehead atoms. The summed E-state index contributed by atoms with van der Waals surface area (Å²) in [6.07, 6.45) is 6.25. The second-order valence-electron chi connectivity index (χ2n) is 13.4. The van der Waals surface area contributed by atoms with Crippen molar-refractivity contribution in [2.24, 2.45) is 23.7 Å². The lowest BCUT2D eigenvalue weighted by atomic mass is 9.73. The van der Waals surface area contributed by atoms with Crippen LogP contribution in [0.3, 0.4) is 0 Å². The number of anilines is 1. The van der Waals surface area contributed by atoms with Gasteiger partial charge in [-0.2, -0.15) is 0 Å². The van der Waals surface area contributed by atoms with Crippen molar-refractivity contribution in [3.8, 4) is 5.75 Å². The maximum atomic E-state index is 14.5. The molecule has 8 nitrogen and oxygen atoms in total. The molecule has 44 heavy (non-hydrogen) atoms. The van der Waals surface area contributed by atoms with Gasteiger partial charge in [0.1, 0.15) is 17.4 Å². The lowest BCUT2D eigenvalue weighted by molar-refractivity contribution is -0.142. The maximum Gasteiger partial charge on any atom is 0.246 e. The predicted octanol–water partition coefficient (Wildman–Crippen LogP) is 5.44. The van der Waals surface area contributed by atoms with Gasteiger partial charge in [0.05, 0.1) is 31.1 Å². The molecular weight excluding hydrogens is 554 g/mol. The van der Waals surface area contributed by atoms with E-state index in [4.69, 9.17) is 9.47 Å². The number of carbonyl (C=O) groups is 3. The van der Waals surface area contributed by atoms with Crippen LogP contribution in [-0.4, -0.2) is 53.0 Å². The number of amides is 3. The summed E-state index contributed by atoms with van der Waals surface area (Å²) in [6.45, 7) is 11.2. The van der Waals surface area contributed by atoms with E-state index in [9.17, 15) is 14.4 Å². The molecular formula is C36H45N3O5. The molecule has 8 heteroatoms. The Morgan fingerprint density at radius 3 is 2.55 bits per heavy atom. The zero-order valence-electron chi connectivity index (χ0n) is 26.4. The van der Waals surface area contributed by atoms with Crippen LogP contribution in [0.25, 0.3) is 0 Å². The molecule has 2 N–H and O–H groups in total. The molecule has 8 atom stereocenters. The lowest BCUT2D eigenvalue weighted by Crippen LogP contribution is -2.57. The summed E-state index contributed by atoms with van der Waals surface area (Å²) >= 11 is 0. The van der Waals surface area contributed by atoms with Gasteiger partial charge in [-0.05, 0) is 54.9 Å². The summed E-state index contributed by atoms with van der Waals surface area (Å²) in [4.78, 5) is 44.3. The minimum Gasteiger partial charge on any atom is -0.494 e. The number of carbonyl (C=O) groups excluding carboxylic acids is 3. The first-order chi connectivity index (χ1) is 21.1. The van der Waals surface area contributed by atoms with Gasteiger partial charge in [-0.25, -0.2) is 0 Å². The van der Waals surface area contributed by atoms with Gasteiger partial charge in [-0.3, -0.25) is 14.4 Å². The van der Waals surface area contributed by atoms with Crippen LogP contribution in [0.4, 0.5) is 5.69 Å². The van der Waals surface area contributed by atoms with Gasteiger partial charge < -0.3 is 25.0 Å². The van der Waals surface area contributed by atoms with Crippen molar-refractivity contribution in [2.45, 2.75) is 90.1 Å². The highest BCUT2D eigenvalue weighted by Gasteiger charge is 2.72. The Balaban J connectivity index is 1.32. The van der Waals surface area contributed by atoms with Crippen LogP contribution in [-0.2, 0) is 25.7 Å². The number of benzene rings is 2. The summed E-state index contributed by atoms with van der Waals surface area (Å²) < 4.78 is 12.4. The van der Waals surface area contributed by atoms with Crippen molar-refractivity contribution in [1.82, 2.24) is 10.2 Å². The van der Waals surface area contributed by atoms with Gasteiger partial charge in [0, 0.05) is 17.3 Å². The third-order valence-corrected chi connectivity index (χ3v) is 10.4. The molecule has 4 aliphatic rings. The van der Waals surface area contributed by atoms with E-state index in [1.165, 1.54) is 5.56 Å². The van der Waals surface area contributed by atoms with E-state index in [0.717, 1.165) is 24.8 Å². The molecule has 1 aliphatic carbocycles. The summed E-state index contributed by atoms with van der Waals surface area (Å²) in [5, 5.41) is 6.36. The van der Waals surface area contributed by atoms with Crippen LogP contribution in [0.15, 0.2) is 60.7 Å². The smallest absolute Gasteiger partial charge is 0.246 e. The quantitative estimate of drug-likeness (QED) is 0.375. The largest absolute Gasteiger partial charge is 0.494 e. The van der Waals surface area contributed by atoms with Crippen LogP contribution in [0.2, 0.25) is 0 Å². The number of hydrogen-bond donors (Lipinski definition) is 2. The first-order valence-corrected chi connectivity index (χ1v) is 16.2. The number of fused-ring (bicyclic) bond motifs is 1. The highest BCUT2D eigenvalue weighted by Crippen LogP contribution is 2.55. The van der Waals surface area contributed by atoms with Crippen LogP contribution in [0.1, 0.15) is 70.9 Å². The van der Waals surface area contributed by atoms with Crippen molar-refractivity contribution >= 4 is 23.4 Å². The van der Waals surface area contributed by atoms with Crippen molar-refractivity contribution in [3.05, 3.63) is 71.8 Å². The van der Waals surface area contributed by atoms with E-state index < -0.39 is 29.6 Å². The Kier molecular flexibility index (Phi) is 8.31. The number of likely N-dealkylation sites (tertiary alicyclic amines) is 1. The van der Waals surface area contributed by atoms with E-state index in [1.54, 1.807) is 4.90 Å². The van der Waals surface area contributed by atoms with Crippen LogP contribution < -0.4 is 15.4 Å². The number of para-hydroxylation sites is 1. The molecule has 1 spiro atoms. The Morgan fingerprint density at radius 2 is 1.82 bits per heavy atom. The van der Waals surface area contributed by atoms with Crippen molar-refractivity contribution < 1.29 is 23.9 Å².